The number of hydrogen-bond acceptors (Lipinski definition) is 4. The SMILES string of the molecule is CC(=N/C(=C\C(N)C1=C2Oc3ccccc3C(c3ccccc3)(c3ccccc3)C2=CCC1C)c1cccc2c1Oc1ccccc1C2(c1ccccc1)c1ccccc1)c1c(C)cc(C)cc1C. The van der Waals surface area contributed by atoms with Crippen molar-refractivity contribution in [3.05, 3.63) is 296 Å². The van der Waals surface area contributed by atoms with Crippen LogP contribution in [0.4, 0.5) is 0 Å². The van der Waals surface area contributed by atoms with Crippen molar-refractivity contribution in [2.24, 2.45) is 16.6 Å². The molecule has 2 unspecified atom stereocenters. The number of aryl methyl sites for hydroxylation is 3. The Labute approximate surface area is 406 Å². The summed E-state index contributed by atoms with van der Waals surface area (Å²) in [4.78, 5) is 5.69. The molecule has 2 atom stereocenters. The van der Waals surface area contributed by atoms with Crippen molar-refractivity contribution in [1.29, 1.82) is 0 Å². The number of rotatable bonds is 9. The van der Waals surface area contributed by atoms with Crippen molar-refractivity contribution in [2.45, 2.75) is 57.9 Å². The molecule has 4 heteroatoms. The van der Waals surface area contributed by atoms with E-state index in [0.29, 0.717) is 0 Å². The molecular weight excluding hydrogens is 841 g/mol. The van der Waals surface area contributed by atoms with Crippen LogP contribution in [-0.2, 0) is 10.8 Å². The van der Waals surface area contributed by atoms with Crippen molar-refractivity contribution in [3.63, 3.8) is 0 Å². The maximum atomic E-state index is 7.80. The maximum Gasteiger partial charge on any atom is 0.141 e. The lowest BCUT2D eigenvalue weighted by Gasteiger charge is -2.46. The third-order valence-electron chi connectivity index (χ3n) is 14.7. The summed E-state index contributed by atoms with van der Waals surface area (Å²) in [7, 11) is 0. The first-order valence-corrected chi connectivity index (χ1v) is 24.2. The molecule has 2 N–H and O–H groups in total. The molecule has 2 aliphatic heterocycles. The predicted molar refractivity (Wildman–Crippen MR) is 282 cm³/mol. The molecule has 0 amide bonds. The Morgan fingerprint density at radius 2 is 1.04 bits per heavy atom. The molecule has 1 aliphatic carbocycles. The van der Waals surface area contributed by atoms with E-state index in [-0.39, 0.29) is 5.92 Å². The Balaban J connectivity index is 1.18. The Hall–Kier alpha value is -7.79. The highest BCUT2D eigenvalue weighted by Crippen LogP contribution is 2.59. The third kappa shape index (κ3) is 7.13. The fourth-order valence-electron chi connectivity index (χ4n) is 12.0. The lowest BCUT2D eigenvalue weighted by Crippen LogP contribution is -2.41. The first kappa shape index (κ1) is 43.8. The molecule has 338 valence electrons. The van der Waals surface area contributed by atoms with Gasteiger partial charge in [0.1, 0.15) is 23.0 Å². The lowest BCUT2D eigenvalue weighted by atomic mass is 9.60. The summed E-state index contributed by atoms with van der Waals surface area (Å²) >= 11 is 0. The van der Waals surface area contributed by atoms with Crippen LogP contribution in [0, 0.1) is 26.7 Å². The van der Waals surface area contributed by atoms with Crippen molar-refractivity contribution < 1.29 is 9.47 Å². The van der Waals surface area contributed by atoms with Crippen LogP contribution in [0.5, 0.6) is 17.2 Å². The number of aliphatic imine (C=N–C) groups is 1. The van der Waals surface area contributed by atoms with Crippen molar-refractivity contribution in [2.75, 3.05) is 0 Å². The second kappa shape index (κ2) is 17.7. The fourth-order valence-corrected chi connectivity index (χ4v) is 12.0. The molecule has 8 aromatic rings. The fraction of sp³-hybridized carbons (Fsp3) is 0.154. The van der Waals surface area contributed by atoms with E-state index in [2.05, 4.69) is 247 Å². The van der Waals surface area contributed by atoms with Gasteiger partial charge in [-0.05, 0) is 103 Å². The number of allylic oxidation sites excluding steroid dienone is 2. The van der Waals surface area contributed by atoms with Gasteiger partial charge in [-0.1, -0.05) is 201 Å². The molecule has 0 saturated heterocycles. The van der Waals surface area contributed by atoms with Gasteiger partial charge >= 0.3 is 0 Å². The van der Waals surface area contributed by atoms with Gasteiger partial charge in [-0.3, -0.25) is 4.99 Å². The number of nitrogens with zero attached hydrogens (tertiary/aromatic N) is 1. The average molecular weight is 897 g/mol. The van der Waals surface area contributed by atoms with E-state index in [4.69, 9.17) is 20.2 Å². The molecule has 0 spiro atoms. The maximum absolute atomic E-state index is 7.80. The van der Waals surface area contributed by atoms with Crippen molar-refractivity contribution >= 4 is 11.4 Å². The van der Waals surface area contributed by atoms with E-state index in [1.165, 1.54) is 27.8 Å². The zero-order valence-corrected chi connectivity index (χ0v) is 39.9. The molecular formula is C65H56N2O2. The number of ether oxygens (including phenoxy) is 2. The highest BCUT2D eigenvalue weighted by atomic mass is 16.5. The summed E-state index contributed by atoms with van der Waals surface area (Å²) in [6, 6.07) is 70.7. The first-order valence-electron chi connectivity index (χ1n) is 24.2. The van der Waals surface area contributed by atoms with Crippen LogP contribution >= 0.6 is 0 Å². The molecule has 0 bridgehead atoms. The van der Waals surface area contributed by atoms with Crippen molar-refractivity contribution in [3.8, 4) is 17.2 Å². The van der Waals surface area contributed by atoms with Gasteiger partial charge in [0, 0.05) is 39.1 Å². The van der Waals surface area contributed by atoms with Crippen LogP contribution in [-0.4, -0.2) is 11.8 Å². The van der Waals surface area contributed by atoms with E-state index in [1.54, 1.807) is 0 Å². The minimum absolute atomic E-state index is 0.0639. The third-order valence-corrected chi connectivity index (χ3v) is 14.7. The second-order valence-corrected chi connectivity index (χ2v) is 18.9. The predicted octanol–water partition coefficient (Wildman–Crippen LogP) is 14.9. The second-order valence-electron chi connectivity index (χ2n) is 18.9. The molecule has 0 saturated carbocycles. The van der Waals surface area contributed by atoms with E-state index in [9.17, 15) is 0 Å². The van der Waals surface area contributed by atoms with Gasteiger partial charge < -0.3 is 15.2 Å². The topological polar surface area (TPSA) is 56.8 Å². The van der Waals surface area contributed by atoms with Gasteiger partial charge in [0.05, 0.1) is 22.6 Å². The molecule has 0 radical (unpaired) electrons. The van der Waals surface area contributed by atoms with Gasteiger partial charge in [0.15, 0.2) is 0 Å². The van der Waals surface area contributed by atoms with Crippen LogP contribution in [0.1, 0.15) is 87.0 Å². The number of nitrogens with two attached hydrogens (primary N) is 1. The number of para-hydroxylation sites is 3. The van der Waals surface area contributed by atoms with E-state index in [0.717, 1.165) is 90.9 Å². The minimum atomic E-state index is -0.706. The van der Waals surface area contributed by atoms with Crippen LogP contribution < -0.4 is 15.2 Å². The first-order chi connectivity index (χ1) is 33.7. The van der Waals surface area contributed by atoms with E-state index >= 15 is 0 Å². The number of fused-ring (bicyclic) bond motifs is 4. The molecule has 11 rings (SSSR count). The molecule has 0 aromatic heterocycles. The van der Waals surface area contributed by atoms with E-state index < -0.39 is 16.9 Å². The summed E-state index contributed by atoms with van der Waals surface area (Å²) < 4.78 is 14.5. The largest absolute Gasteiger partial charge is 0.457 e. The molecule has 69 heavy (non-hydrogen) atoms. The Bertz CT molecular complexity index is 3260. The van der Waals surface area contributed by atoms with Gasteiger partial charge in [0.25, 0.3) is 0 Å². The highest BCUT2D eigenvalue weighted by molar-refractivity contribution is 6.04. The van der Waals surface area contributed by atoms with Gasteiger partial charge in [-0.25, -0.2) is 0 Å². The monoisotopic (exact) mass is 896 g/mol. The van der Waals surface area contributed by atoms with Crippen molar-refractivity contribution in [1.82, 2.24) is 0 Å². The Morgan fingerprint density at radius 1 is 0.580 bits per heavy atom. The smallest absolute Gasteiger partial charge is 0.141 e. The van der Waals surface area contributed by atoms with Gasteiger partial charge in [-0.2, -0.15) is 0 Å². The highest BCUT2D eigenvalue weighted by Gasteiger charge is 2.50. The van der Waals surface area contributed by atoms with Crippen LogP contribution in [0.3, 0.4) is 0 Å². The van der Waals surface area contributed by atoms with Crippen LogP contribution in [0.2, 0.25) is 0 Å². The summed E-state index contributed by atoms with van der Waals surface area (Å²) in [5.74, 6) is 3.26. The Morgan fingerprint density at radius 3 is 1.59 bits per heavy atom. The number of hydrogen-bond donors (Lipinski definition) is 1. The molecule has 4 nitrogen and oxygen atoms in total. The quantitative estimate of drug-likeness (QED) is 0.147. The standard InChI is InChI=1S/C65H56N2O2/c1-42-39-44(3)60(45(4)40-42)46(5)67-57(51-31-22-34-54-62(51)68-58-35-20-18-32-52(58)64(54,47-23-10-6-11-24-47)48-25-12-7-13-26-48)41-56(66)61-43(2)37-38-55-63(61)69-59-36-21-19-33-53(59)65(55,49-27-14-8-15-28-49)50-29-16-9-17-30-50/h6-36,38-41,43,56H,37,66H2,1-5H3/b57-41-,67-46?. The summed E-state index contributed by atoms with van der Waals surface area (Å²) in [5.41, 5.74) is 23.6. The normalized spacial score (nSPS) is 17.2. The zero-order valence-electron chi connectivity index (χ0n) is 39.9. The summed E-state index contributed by atoms with van der Waals surface area (Å²) in [6.45, 7) is 10.9. The molecule has 0 fully saturated rings. The summed E-state index contributed by atoms with van der Waals surface area (Å²) in [6.07, 6.45) is 5.35. The van der Waals surface area contributed by atoms with Gasteiger partial charge in [0.2, 0.25) is 0 Å². The van der Waals surface area contributed by atoms with Gasteiger partial charge in [-0.15, -0.1) is 0 Å². The summed E-state index contributed by atoms with van der Waals surface area (Å²) in [5, 5.41) is 0. The van der Waals surface area contributed by atoms with E-state index in [1.807, 2.05) is 0 Å². The average Bonchev–Trinajstić information content (AvgIpc) is 3.37. The zero-order chi connectivity index (χ0) is 47.3. The molecule has 8 aromatic carbocycles. The minimum Gasteiger partial charge on any atom is -0.457 e. The number of benzene rings is 8. The molecule has 3 aliphatic rings. The van der Waals surface area contributed by atoms with Crippen LogP contribution in [0.25, 0.3) is 5.70 Å². The lowest BCUT2D eigenvalue weighted by molar-refractivity contribution is 0.362. The van der Waals surface area contributed by atoms with Crippen LogP contribution in [0.15, 0.2) is 234 Å². The Kier molecular flexibility index (Phi) is 11.2. The molecule has 2 heterocycles.